The van der Waals surface area contributed by atoms with Crippen molar-refractivity contribution in [3.63, 3.8) is 0 Å². The monoisotopic (exact) mass is 348 g/mol. The van der Waals surface area contributed by atoms with Crippen molar-refractivity contribution >= 4 is 41.5 Å². The van der Waals surface area contributed by atoms with Crippen molar-refractivity contribution in [2.24, 2.45) is 0 Å². The second-order valence-corrected chi connectivity index (χ2v) is 7.49. The number of rotatable bonds is 0. The minimum atomic E-state index is 0.990. The maximum absolute atomic E-state index is 2.89. The van der Waals surface area contributed by atoms with E-state index in [1.165, 1.54) is 45.0 Å². The molecule has 118 valence electrons. The summed E-state index contributed by atoms with van der Waals surface area (Å²) in [4.78, 5) is 0. The Hall–Kier alpha value is -1.88. The normalized spacial score (nSPS) is 14.6. The fourth-order valence-electron chi connectivity index (χ4n) is 3.86. The van der Waals surface area contributed by atoms with E-state index in [1.807, 2.05) is 0 Å². The van der Waals surface area contributed by atoms with Gasteiger partial charge in [0.1, 0.15) is 0 Å². The van der Waals surface area contributed by atoms with Gasteiger partial charge in [-0.15, -0.1) is 0 Å². The van der Waals surface area contributed by atoms with Crippen molar-refractivity contribution in [2.75, 3.05) is 9.34 Å². The Morgan fingerprint density at radius 1 is 0.542 bits per heavy atom. The van der Waals surface area contributed by atoms with Crippen molar-refractivity contribution < 1.29 is 0 Å². The van der Waals surface area contributed by atoms with E-state index in [-0.39, 0.29) is 0 Å². The molecule has 24 heavy (non-hydrogen) atoms. The van der Waals surface area contributed by atoms with E-state index >= 15 is 0 Å². The fourth-order valence-corrected chi connectivity index (χ4v) is 4.84. The number of anilines is 4. The van der Waals surface area contributed by atoms with Crippen LogP contribution in [0.15, 0.2) is 60.7 Å². The highest BCUT2D eigenvalue weighted by Gasteiger charge is 2.26. The predicted molar refractivity (Wildman–Crippen MR) is 109 cm³/mol. The average Bonchev–Trinajstić information content (AvgIpc) is 2.62. The molecule has 0 saturated heterocycles. The second kappa shape index (κ2) is 5.31. The third kappa shape index (κ3) is 2.04. The molecule has 2 atom stereocenters. The Morgan fingerprint density at radius 2 is 0.958 bits per heavy atom. The Morgan fingerprint density at radius 3 is 1.42 bits per heavy atom. The lowest BCUT2D eigenvalue weighted by Gasteiger charge is -2.35. The van der Waals surface area contributed by atoms with Crippen LogP contribution in [0.2, 0.25) is 0 Å². The maximum Gasteiger partial charge on any atom is 0.0481 e. The molecule has 2 aliphatic rings. The van der Waals surface area contributed by atoms with E-state index < -0.39 is 0 Å². The summed E-state index contributed by atoms with van der Waals surface area (Å²) in [5.74, 6) is 0. The highest BCUT2D eigenvalue weighted by atomic mass is 31.0. The van der Waals surface area contributed by atoms with Crippen LogP contribution < -0.4 is 9.34 Å². The Kier molecular flexibility index (Phi) is 3.20. The lowest BCUT2D eigenvalue weighted by Crippen LogP contribution is -2.18. The zero-order valence-corrected chi connectivity index (χ0v) is 15.5. The van der Waals surface area contributed by atoms with Gasteiger partial charge in [0.25, 0.3) is 0 Å². The van der Waals surface area contributed by atoms with Gasteiger partial charge >= 0.3 is 0 Å². The van der Waals surface area contributed by atoms with Crippen LogP contribution in [0.25, 0.3) is 0 Å². The van der Waals surface area contributed by atoms with Crippen LogP contribution in [0.5, 0.6) is 0 Å². The molecule has 0 spiro atoms. The quantitative estimate of drug-likeness (QED) is 0.505. The third-order valence-electron chi connectivity index (χ3n) is 5.06. The molecule has 3 aromatic carbocycles. The molecule has 2 nitrogen and oxygen atoms in total. The molecule has 2 unspecified atom stereocenters. The van der Waals surface area contributed by atoms with Crippen molar-refractivity contribution in [2.45, 2.75) is 12.8 Å². The first-order valence-electron chi connectivity index (χ1n) is 8.13. The Balaban J connectivity index is 1.67. The summed E-state index contributed by atoms with van der Waals surface area (Å²) >= 11 is 0. The number of fused-ring (bicyclic) bond motifs is 4. The van der Waals surface area contributed by atoms with Gasteiger partial charge in [0, 0.05) is 35.6 Å². The average molecular weight is 348 g/mol. The second-order valence-electron chi connectivity index (χ2n) is 6.46. The van der Waals surface area contributed by atoms with E-state index in [2.05, 4.69) is 88.8 Å². The van der Waals surface area contributed by atoms with E-state index in [1.54, 1.807) is 0 Å². The van der Waals surface area contributed by atoms with Crippen molar-refractivity contribution in [3.05, 3.63) is 82.9 Å². The predicted octanol–water partition coefficient (Wildman–Crippen LogP) is 5.35. The van der Waals surface area contributed by atoms with Crippen molar-refractivity contribution in [1.29, 1.82) is 0 Å². The summed E-state index contributed by atoms with van der Waals surface area (Å²) < 4.78 is 4.50. The van der Waals surface area contributed by atoms with Gasteiger partial charge in [-0.05, 0) is 65.3 Å². The van der Waals surface area contributed by atoms with Gasteiger partial charge in [-0.2, -0.15) is 0 Å². The van der Waals surface area contributed by atoms with Gasteiger partial charge in [0.2, 0.25) is 0 Å². The SMILES string of the molecule is PN1c2ccccc2Cc2cc3c(cc21)Cc1ccccc1N3P. The molecule has 0 saturated carbocycles. The zero-order chi connectivity index (χ0) is 16.3. The first-order valence-corrected chi connectivity index (χ1v) is 9.17. The van der Waals surface area contributed by atoms with Gasteiger partial charge in [0.15, 0.2) is 0 Å². The first-order chi connectivity index (χ1) is 11.7. The fraction of sp³-hybridized carbons (Fsp3) is 0.100. The van der Waals surface area contributed by atoms with Crippen LogP contribution in [0, 0.1) is 0 Å². The highest BCUT2D eigenvalue weighted by molar-refractivity contribution is 7.20. The standard InChI is InChI=1S/C20H18N2P2/c23-21-17-7-3-1-5-13(17)9-15-11-20-16(12-19(15)21)10-14-6-2-4-8-18(14)22(20)24/h1-8,11-12H,9-10,23-24H2. The van der Waals surface area contributed by atoms with Crippen LogP contribution in [0.4, 0.5) is 22.7 Å². The lowest BCUT2D eigenvalue weighted by molar-refractivity contribution is 1.08. The van der Waals surface area contributed by atoms with Crippen LogP contribution in [-0.4, -0.2) is 0 Å². The van der Waals surface area contributed by atoms with E-state index in [9.17, 15) is 0 Å². The highest BCUT2D eigenvalue weighted by Crippen LogP contribution is 2.47. The molecule has 4 heteroatoms. The lowest BCUT2D eigenvalue weighted by atomic mass is 9.91. The number of hydrogen-bond donors (Lipinski definition) is 0. The zero-order valence-electron chi connectivity index (χ0n) is 13.2. The topological polar surface area (TPSA) is 6.48 Å². The first kappa shape index (κ1) is 14.5. The van der Waals surface area contributed by atoms with Gasteiger partial charge in [0.05, 0.1) is 0 Å². The molecule has 0 N–H and O–H groups in total. The van der Waals surface area contributed by atoms with E-state index in [0.717, 1.165) is 12.8 Å². The molecule has 2 heterocycles. The summed E-state index contributed by atoms with van der Waals surface area (Å²) in [6.07, 6.45) is 1.98. The molecule has 0 aromatic heterocycles. The molecule has 3 aromatic rings. The smallest absolute Gasteiger partial charge is 0.0481 e. The van der Waals surface area contributed by atoms with Crippen molar-refractivity contribution in [3.8, 4) is 0 Å². The molecular formula is C20H18N2P2. The Bertz CT molecular complexity index is 888. The molecule has 5 rings (SSSR count). The van der Waals surface area contributed by atoms with Crippen LogP contribution >= 0.6 is 18.8 Å². The number of hydrogen-bond acceptors (Lipinski definition) is 2. The molecule has 0 aliphatic carbocycles. The van der Waals surface area contributed by atoms with Crippen LogP contribution in [0.3, 0.4) is 0 Å². The number of nitrogens with zero attached hydrogens (tertiary/aromatic N) is 2. The summed E-state index contributed by atoms with van der Waals surface area (Å²) in [6.45, 7) is 0. The maximum atomic E-state index is 2.89. The van der Waals surface area contributed by atoms with E-state index in [4.69, 9.17) is 0 Å². The minimum absolute atomic E-state index is 0.990. The molecule has 2 aliphatic heterocycles. The number of benzene rings is 3. The minimum Gasteiger partial charge on any atom is -0.325 e. The van der Waals surface area contributed by atoms with Gasteiger partial charge in [-0.25, -0.2) is 0 Å². The molecular weight excluding hydrogens is 330 g/mol. The summed E-state index contributed by atoms with van der Waals surface area (Å²) in [6, 6.07) is 22.0. The van der Waals surface area contributed by atoms with Crippen molar-refractivity contribution in [1.82, 2.24) is 0 Å². The summed E-state index contributed by atoms with van der Waals surface area (Å²) in [7, 11) is 5.78. The molecule has 0 fully saturated rings. The van der Waals surface area contributed by atoms with Gasteiger partial charge in [-0.3, -0.25) is 0 Å². The Labute approximate surface area is 147 Å². The summed E-state index contributed by atoms with van der Waals surface area (Å²) in [5, 5.41) is 0. The third-order valence-corrected chi connectivity index (χ3v) is 6.18. The van der Waals surface area contributed by atoms with Crippen LogP contribution in [-0.2, 0) is 12.8 Å². The van der Waals surface area contributed by atoms with Gasteiger partial charge < -0.3 is 9.34 Å². The van der Waals surface area contributed by atoms with Crippen LogP contribution in [0.1, 0.15) is 22.3 Å². The number of para-hydroxylation sites is 2. The summed E-state index contributed by atoms with van der Waals surface area (Å²) in [5.41, 5.74) is 10.7. The largest absolute Gasteiger partial charge is 0.325 e. The molecule has 0 bridgehead atoms. The molecule has 0 radical (unpaired) electrons. The van der Waals surface area contributed by atoms with Gasteiger partial charge in [-0.1, -0.05) is 36.4 Å². The molecule has 0 amide bonds. The van der Waals surface area contributed by atoms with E-state index in [0.29, 0.717) is 0 Å².